The van der Waals surface area contributed by atoms with Crippen molar-refractivity contribution in [2.45, 2.75) is 19.9 Å². The van der Waals surface area contributed by atoms with Gasteiger partial charge in [0.15, 0.2) is 0 Å². The molecular formula is C12H13ClFN3. The monoisotopic (exact) mass is 253 g/mol. The Morgan fingerprint density at radius 2 is 2.18 bits per heavy atom. The summed E-state index contributed by atoms with van der Waals surface area (Å²) in [6.07, 6.45) is 1.69. The van der Waals surface area contributed by atoms with Crippen molar-refractivity contribution in [3.05, 3.63) is 46.5 Å². The van der Waals surface area contributed by atoms with Crippen molar-refractivity contribution in [2.75, 3.05) is 0 Å². The molecule has 5 heteroatoms. The van der Waals surface area contributed by atoms with Crippen LogP contribution in [0.3, 0.4) is 0 Å². The number of aromatic nitrogens is 2. The van der Waals surface area contributed by atoms with Crippen LogP contribution in [0.2, 0.25) is 5.02 Å². The van der Waals surface area contributed by atoms with Gasteiger partial charge in [0.2, 0.25) is 0 Å². The van der Waals surface area contributed by atoms with Crippen LogP contribution < -0.4 is 5.73 Å². The molecule has 90 valence electrons. The molecule has 0 aliphatic rings. The normalized spacial score (nSPS) is 12.8. The van der Waals surface area contributed by atoms with Gasteiger partial charge in [0, 0.05) is 12.2 Å². The van der Waals surface area contributed by atoms with Gasteiger partial charge >= 0.3 is 0 Å². The first-order chi connectivity index (χ1) is 7.99. The maximum atomic E-state index is 13.2. The summed E-state index contributed by atoms with van der Waals surface area (Å²) >= 11 is 5.95. The zero-order valence-electron chi connectivity index (χ0n) is 9.61. The molecule has 3 nitrogen and oxygen atoms in total. The van der Waals surface area contributed by atoms with Gasteiger partial charge in [0.25, 0.3) is 0 Å². The van der Waals surface area contributed by atoms with E-state index >= 15 is 0 Å². The highest BCUT2D eigenvalue weighted by Gasteiger charge is 2.12. The maximum absolute atomic E-state index is 13.2. The predicted octanol–water partition coefficient (Wildman–Crippen LogP) is 2.99. The highest BCUT2D eigenvalue weighted by Crippen LogP contribution is 2.23. The Hall–Kier alpha value is -1.39. The molecule has 0 radical (unpaired) electrons. The van der Waals surface area contributed by atoms with Crippen molar-refractivity contribution in [3.63, 3.8) is 0 Å². The molecule has 0 spiro atoms. The van der Waals surface area contributed by atoms with E-state index in [9.17, 15) is 4.39 Å². The summed E-state index contributed by atoms with van der Waals surface area (Å²) in [6.45, 7) is 3.62. The zero-order valence-corrected chi connectivity index (χ0v) is 10.4. The Morgan fingerprint density at radius 3 is 2.71 bits per heavy atom. The van der Waals surface area contributed by atoms with E-state index in [4.69, 9.17) is 17.3 Å². The fourth-order valence-electron chi connectivity index (χ4n) is 1.66. The van der Waals surface area contributed by atoms with E-state index in [2.05, 4.69) is 5.10 Å². The molecule has 2 N–H and O–H groups in total. The van der Waals surface area contributed by atoms with Gasteiger partial charge in [-0.1, -0.05) is 11.6 Å². The molecule has 1 atom stereocenters. The van der Waals surface area contributed by atoms with Crippen molar-refractivity contribution in [3.8, 4) is 5.69 Å². The quantitative estimate of drug-likeness (QED) is 0.894. The molecule has 2 aromatic rings. The van der Waals surface area contributed by atoms with Crippen molar-refractivity contribution in [1.29, 1.82) is 0 Å². The highest BCUT2D eigenvalue weighted by molar-refractivity contribution is 6.31. The number of halogens is 2. The van der Waals surface area contributed by atoms with E-state index in [1.807, 2.05) is 6.92 Å². The van der Waals surface area contributed by atoms with E-state index in [1.165, 1.54) is 12.1 Å². The standard InChI is InChI=1S/C12H13ClFN3/c1-7(15)10-5-9(14)3-4-12(10)17-6-11(13)8(2)16-17/h3-7H,15H2,1-2H3/t7-/m0/s1. The van der Waals surface area contributed by atoms with Crippen LogP contribution in [0.5, 0.6) is 0 Å². The Morgan fingerprint density at radius 1 is 1.47 bits per heavy atom. The van der Waals surface area contributed by atoms with Crippen LogP contribution in [-0.2, 0) is 0 Å². The third-order valence-electron chi connectivity index (χ3n) is 2.57. The molecule has 17 heavy (non-hydrogen) atoms. The second-order valence-corrected chi connectivity index (χ2v) is 4.41. The fourth-order valence-corrected chi connectivity index (χ4v) is 1.79. The van der Waals surface area contributed by atoms with Crippen LogP contribution in [0.15, 0.2) is 24.4 Å². The third-order valence-corrected chi connectivity index (χ3v) is 2.94. The lowest BCUT2D eigenvalue weighted by atomic mass is 10.1. The number of rotatable bonds is 2. The first-order valence-corrected chi connectivity index (χ1v) is 5.64. The fraction of sp³-hybridized carbons (Fsp3) is 0.250. The van der Waals surface area contributed by atoms with Crippen LogP contribution in [-0.4, -0.2) is 9.78 Å². The summed E-state index contributed by atoms with van der Waals surface area (Å²) in [5.41, 5.74) is 8.00. The molecule has 0 bridgehead atoms. The van der Waals surface area contributed by atoms with Gasteiger partial charge in [-0.25, -0.2) is 9.07 Å². The van der Waals surface area contributed by atoms with Crippen LogP contribution in [0.25, 0.3) is 5.69 Å². The average Bonchev–Trinajstić information content (AvgIpc) is 2.59. The van der Waals surface area contributed by atoms with Gasteiger partial charge in [-0.05, 0) is 37.6 Å². The minimum atomic E-state index is -0.309. The molecule has 1 aromatic heterocycles. The van der Waals surface area contributed by atoms with Crippen LogP contribution in [0, 0.1) is 12.7 Å². The lowest BCUT2D eigenvalue weighted by molar-refractivity contribution is 0.620. The van der Waals surface area contributed by atoms with Gasteiger partial charge in [0.1, 0.15) is 5.82 Å². The number of hydrogen-bond acceptors (Lipinski definition) is 2. The van der Waals surface area contributed by atoms with Gasteiger partial charge in [-0.2, -0.15) is 5.10 Å². The molecule has 0 saturated heterocycles. The lowest BCUT2D eigenvalue weighted by Crippen LogP contribution is -2.10. The van der Waals surface area contributed by atoms with Crippen molar-refractivity contribution in [1.82, 2.24) is 9.78 Å². The molecule has 0 unspecified atom stereocenters. The number of hydrogen-bond donors (Lipinski definition) is 1. The molecular weight excluding hydrogens is 241 g/mol. The summed E-state index contributed by atoms with van der Waals surface area (Å²) in [7, 11) is 0. The Balaban J connectivity index is 2.58. The number of nitrogens with two attached hydrogens (primary N) is 1. The summed E-state index contributed by atoms with van der Waals surface area (Å²) in [5.74, 6) is -0.309. The number of nitrogens with zero attached hydrogens (tertiary/aromatic N) is 2. The largest absolute Gasteiger partial charge is 0.324 e. The first-order valence-electron chi connectivity index (χ1n) is 5.26. The van der Waals surface area contributed by atoms with Crippen molar-refractivity contribution >= 4 is 11.6 Å². The van der Waals surface area contributed by atoms with E-state index in [1.54, 1.807) is 23.9 Å². The lowest BCUT2D eigenvalue weighted by Gasteiger charge is -2.12. The van der Waals surface area contributed by atoms with Gasteiger partial charge < -0.3 is 5.73 Å². The van der Waals surface area contributed by atoms with Gasteiger partial charge in [-0.15, -0.1) is 0 Å². The SMILES string of the molecule is Cc1nn(-c2ccc(F)cc2[C@H](C)N)cc1Cl. The molecule has 0 saturated carbocycles. The van der Waals surface area contributed by atoms with E-state index in [0.29, 0.717) is 10.6 Å². The predicted molar refractivity (Wildman–Crippen MR) is 65.9 cm³/mol. The molecule has 2 rings (SSSR count). The molecule has 0 aliphatic heterocycles. The maximum Gasteiger partial charge on any atom is 0.123 e. The average molecular weight is 254 g/mol. The second kappa shape index (κ2) is 4.47. The highest BCUT2D eigenvalue weighted by atomic mass is 35.5. The smallest absolute Gasteiger partial charge is 0.123 e. The van der Waals surface area contributed by atoms with Crippen molar-refractivity contribution in [2.24, 2.45) is 5.73 Å². The molecule has 1 aromatic carbocycles. The third kappa shape index (κ3) is 2.33. The van der Waals surface area contributed by atoms with E-state index in [-0.39, 0.29) is 11.9 Å². The van der Waals surface area contributed by atoms with Crippen molar-refractivity contribution < 1.29 is 4.39 Å². The number of benzene rings is 1. The minimum Gasteiger partial charge on any atom is -0.324 e. The summed E-state index contributed by atoms with van der Waals surface area (Å²) in [5, 5.41) is 4.83. The van der Waals surface area contributed by atoms with Crippen LogP contribution >= 0.6 is 11.6 Å². The van der Waals surface area contributed by atoms with Gasteiger partial charge in [-0.3, -0.25) is 0 Å². The number of aryl methyl sites for hydroxylation is 1. The minimum absolute atomic E-state index is 0.274. The van der Waals surface area contributed by atoms with Gasteiger partial charge in [0.05, 0.1) is 16.4 Å². The topological polar surface area (TPSA) is 43.8 Å². The van der Waals surface area contributed by atoms with E-state index in [0.717, 1.165) is 11.4 Å². The molecule has 0 aliphatic carbocycles. The Labute approximate surface area is 104 Å². The Bertz CT molecular complexity index is 529. The summed E-state index contributed by atoms with van der Waals surface area (Å²) in [6, 6.07) is 4.18. The molecule has 0 amide bonds. The summed E-state index contributed by atoms with van der Waals surface area (Å²) in [4.78, 5) is 0. The van der Waals surface area contributed by atoms with Crippen LogP contribution in [0.4, 0.5) is 4.39 Å². The van der Waals surface area contributed by atoms with E-state index < -0.39 is 0 Å². The van der Waals surface area contributed by atoms with Crippen LogP contribution in [0.1, 0.15) is 24.2 Å². The first kappa shape index (κ1) is 12.1. The molecule has 0 fully saturated rings. The summed E-state index contributed by atoms with van der Waals surface area (Å²) < 4.78 is 14.8. The Kier molecular flexibility index (Phi) is 3.17. The second-order valence-electron chi connectivity index (χ2n) is 4.00. The molecule has 1 heterocycles. The zero-order chi connectivity index (χ0) is 12.6.